The van der Waals surface area contributed by atoms with E-state index >= 15 is 0 Å². The number of ether oxygens (including phenoxy) is 1. The molecule has 0 aromatic heterocycles. The Hall–Kier alpha value is -1.68. The van der Waals surface area contributed by atoms with E-state index in [0.29, 0.717) is 13.0 Å². The van der Waals surface area contributed by atoms with Crippen LogP contribution in [0.4, 0.5) is 0 Å². The van der Waals surface area contributed by atoms with Gasteiger partial charge in [-0.3, -0.25) is 14.9 Å². The van der Waals surface area contributed by atoms with Gasteiger partial charge in [-0.1, -0.05) is 30.3 Å². The molecule has 2 amide bonds. The molecule has 2 fully saturated rings. The molecule has 0 saturated carbocycles. The third-order valence-corrected chi connectivity index (χ3v) is 4.48. The minimum absolute atomic E-state index is 0.0914. The highest BCUT2D eigenvalue weighted by molar-refractivity contribution is 6.02. The molecular weight excluding hydrogens is 254 g/mol. The van der Waals surface area contributed by atoms with Crippen molar-refractivity contribution in [2.24, 2.45) is 5.41 Å². The number of hydrogen-bond acceptors (Lipinski definition) is 3. The van der Waals surface area contributed by atoms with Gasteiger partial charge in [0.1, 0.15) is 0 Å². The monoisotopic (exact) mass is 273 g/mol. The molecule has 2 saturated heterocycles. The highest BCUT2D eigenvalue weighted by Crippen LogP contribution is 2.50. The van der Waals surface area contributed by atoms with Crippen LogP contribution in [0.15, 0.2) is 30.3 Å². The van der Waals surface area contributed by atoms with Gasteiger partial charge in [-0.2, -0.15) is 0 Å². The van der Waals surface area contributed by atoms with Gasteiger partial charge in [0.2, 0.25) is 11.8 Å². The third kappa shape index (κ3) is 2.24. The Kier molecular flexibility index (Phi) is 3.34. The second kappa shape index (κ2) is 5.02. The first-order chi connectivity index (χ1) is 9.61. The van der Waals surface area contributed by atoms with Gasteiger partial charge in [0.05, 0.1) is 12.0 Å². The van der Waals surface area contributed by atoms with Gasteiger partial charge < -0.3 is 4.74 Å². The minimum atomic E-state index is -0.293. The lowest BCUT2D eigenvalue weighted by Gasteiger charge is -2.47. The fourth-order valence-electron chi connectivity index (χ4n) is 3.72. The molecule has 1 aromatic carbocycles. The van der Waals surface area contributed by atoms with Crippen LogP contribution in [0.25, 0.3) is 0 Å². The summed E-state index contributed by atoms with van der Waals surface area (Å²) in [6.07, 6.45) is 2.02. The number of rotatable bonds is 1. The summed E-state index contributed by atoms with van der Waals surface area (Å²) >= 11 is 0. The van der Waals surface area contributed by atoms with E-state index in [-0.39, 0.29) is 29.3 Å². The number of carbonyl (C=O) groups is 2. The molecule has 0 bridgehead atoms. The normalized spacial score (nSPS) is 34.0. The predicted octanol–water partition coefficient (Wildman–Crippen LogP) is 2.00. The maximum absolute atomic E-state index is 12.4. The molecule has 4 heteroatoms. The van der Waals surface area contributed by atoms with E-state index in [1.54, 1.807) is 0 Å². The Balaban J connectivity index is 2.02. The molecule has 3 unspecified atom stereocenters. The molecule has 3 rings (SSSR count). The van der Waals surface area contributed by atoms with Crippen LogP contribution in [0.5, 0.6) is 0 Å². The second-order valence-electron chi connectivity index (χ2n) is 5.93. The van der Waals surface area contributed by atoms with Crippen LogP contribution in [-0.4, -0.2) is 24.5 Å². The van der Waals surface area contributed by atoms with Crippen molar-refractivity contribution >= 4 is 11.8 Å². The molecule has 1 aromatic rings. The van der Waals surface area contributed by atoms with Crippen LogP contribution in [0.1, 0.15) is 37.7 Å². The summed E-state index contributed by atoms with van der Waals surface area (Å²) in [5.41, 5.74) is 0.699. The van der Waals surface area contributed by atoms with Crippen LogP contribution in [-0.2, 0) is 14.3 Å². The molecule has 3 atom stereocenters. The van der Waals surface area contributed by atoms with Crippen LogP contribution >= 0.6 is 0 Å². The number of hydrogen-bond donors (Lipinski definition) is 1. The summed E-state index contributed by atoms with van der Waals surface area (Å²) in [5, 5.41) is 2.50. The zero-order valence-electron chi connectivity index (χ0n) is 11.6. The van der Waals surface area contributed by atoms with E-state index in [0.717, 1.165) is 18.4 Å². The standard InChI is InChI=1S/C16H19NO3/c1-11-9-16(7-8-20-11)10-13(18)17-15(19)14(16)12-5-3-2-4-6-12/h2-6,11,14H,7-10H2,1H3,(H,17,18,19). The molecule has 1 spiro atoms. The van der Waals surface area contributed by atoms with E-state index in [1.165, 1.54) is 0 Å². The van der Waals surface area contributed by atoms with Gasteiger partial charge >= 0.3 is 0 Å². The predicted molar refractivity (Wildman–Crippen MR) is 74.0 cm³/mol. The number of amides is 2. The maximum atomic E-state index is 12.4. The smallest absolute Gasteiger partial charge is 0.234 e. The topological polar surface area (TPSA) is 55.4 Å². The van der Waals surface area contributed by atoms with Crippen molar-refractivity contribution in [2.75, 3.05) is 6.61 Å². The fourth-order valence-corrected chi connectivity index (χ4v) is 3.72. The quantitative estimate of drug-likeness (QED) is 0.796. The molecule has 20 heavy (non-hydrogen) atoms. The molecule has 2 aliphatic heterocycles. The van der Waals surface area contributed by atoms with Crippen molar-refractivity contribution < 1.29 is 14.3 Å². The highest BCUT2D eigenvalue weighted by Gasteiger charge is 2.50. The first-order valence-electron chi connectivity index (χ1n) is 7.11. The van der Waals surface area contributed by atoms with Gasteiger partial charge in [0, 0.05) is 13.0 Å². The second-order valence-corrected chi connectivity index (χ2v) is 5.93. The van der Waals surface area contributed by atoms with Crippen molar-refractivity contribution in [1.82, 2.24) is 5.32 Å². The molecule has 106 valence electrons. The molecule has 0 radical (unpaired) electrons. The molecular formula is C16H19NO3. The number of nitrogens with one attached hydrogen (secondary N) is 1. The lowest BCUT2D eigenvalue weighted by Crippen LogP contribution is -2.53. The van der Waals surface area contributed by atoms with Gasteiger partial charge in [0.25, 0.3) is 0 Å². The zero-order chi connectivity index (χ0) is 14.2. The summed E-state index contributed by atoms with van der Waals surface area (Å²) in [4.78, 5) is 24.3. The van der Waals surface area contributed by atoms with Gasteiger partial charge in [-0.15, -0.1) is 0 Å². The van der Waals surface area contributed by atoms with E-state index in [4.69, 9.17) is 4.74 Å². The van der Waals surface area contributed by atoms with E-state index < -0.39 is 0 Å². The van der Waals surface area contributed by atoms with Crippen molar-refractivity contribution in [1.29, 1.82) is 0 Å². The van der Waals surface area contributed by atoms with Gasteiger partial charge in [0.15, 0.2) is 0 Å². The number of imide groups is 1. The van der Waals surface area contributed by atoms with Crippen LogP contribution in [0.2, 0.25) is 0 Å². The van der Waals surface area contributed by atoms with Crippen LogP contribution in [0.3, 0.4) is 0 Å². The van der Waals surface area contributed by atoms with Gasteiger partial charge in [-0.05, 0) is 30.7 Å². The van der Waals surface area contributed by atoms with Gasteiger partial charge in [-0.25, -0.2) is 0 Å². The van der Waals surface area contributed by atoms with Crippen molar-refractivity contribution in [2.45, 2.75) is 38.2 Å². The average Bonchev–Trinajstić information content (AvgIpc) is 2.38. The summed E-state index contributed by atoms with van der Waals surface area (Å²) in [5.74, 6) is -0.578. The fraction of sp³-hybridized carbons (Fsp3) is 0.500. The largest absolute Gasteiger partial charge is 0.378 e. The van der Waals surface area contributed by atoms with Crippen molar-refractivity contribution in [3.8, 4) is 0 Å². The SMILES string of the molecule is CC1CC2(CCO1)CC(=O)NC(=O)C2c1ccccc1. The van der Waals surface area contributed by atoms with E-state index in [9.17, 15) is 9.59 Å². The lowest BCUT2D eigenvalue weighted by molar-refractivity contribution is -0.146. The van der Waals surface area contributed by atoms with Crippen LogP contribution in [0, 0.1) is 5.41 Å². The summed E-state index contributed by atoms with van der Waals surface area (Å²) < 4.78 is 5.62. The molecule has 1 N–H and O–H groups in total. The third-order valence-electron chi connectivity index (χ3n) is 4.48. The van der Waals surface area contributed by atoms with E-state index in [1.807, 2.05) is 37.3 Å². The molecule has 2 aliphatic rings. The Labute approximate surface area is 118 Å². The molecule has 4 nitrogen and oxygen atoms in total. The Morgan fingerprint density at radius 3 is 2.70 bits per heavy atom. The molecule has 0 aliphatic carbocycles. The zero-order valence-corrected chi connectivity index (χ0v) is 11.6. The Morgan fingerprint density at radius 1 is 1.25 bits per heavy atom. The maximum Gasteiger partial charge on any atom is 0.234 e. The summed E-state index contributed by atoms with van der Waals surface area (Å²) in [6, 6.07) is 9.77. The molecule has 2 heterocycles. The first kappa shape index (κ1) is 13.3. The Bertz CT molecular complexity index is 528. The number of benzene rings is 1. The van der Waals surface area contributed by atoms with Crippen molar-refractivity contribution in [3.05, 3.63) is 35.9 Å². The summed E-state index contributed by atoms with van der Waals surface area (Å²) in [7, 11) is 0. The summed E-state index contributed by atoms with van der Waals surface area (Å²) in [6.45, 7) is 2.63. The van der Waals surface area contributed by atoms with Crippen molar-refractivity contribution in [3.63, 3.8) is 0 Å². The first-order valence-corrected chi connectivity index (χ1v) is 7.11. The average molecular weight is 273 g/mol. The van der Waals surface area contributed by atoms with Crippen LogP contribution < -0.4 is 5.32 Å². The number of piperidine rings is 1. The minimum Gasteiger partial charge on any atom is -0.378 e. The Morgan fingerprint density at radius 2 is 2.00 bits per heavy atom. The van der Waals surface area contributed by atoms with E-state index in [2.05, 4.69) is 5.32 Å². The lowest BCUT2D eigenvalue weighted by atomic mass is 9.62. The highest BCUT2D eigenvalue weighted by atomic mass is 16.5. The number of carbonyl (C=O) groups excluding carboxylic acids is 2.